The fourth-order valence-corrected chi connectivity index (χ4v) is 4.05. The molecule has 0 N–H and O–H groups in total. The van der Waals surface area contributed by atoms with Crippen LogP contribution in [-0.4, -0.2) is 19.9 Å². The van der Waals surface area contributed by atoms with Gasteiger partial charge in [0.1, 0.15) is 11.5 Å². The first-order valence-corrected chi connectivity index (χ1v) is 10.5. The number of ether oxygens (including phenoxy) is 2. The second kappa shape index (κ2) is 9.18. The first-order valence-electron chi connectivity index (χ1n) is 9.76. The summed E-state index contributed by atoms with van der Waals surface area (Å²) in [5.74, 6) is 1.71. The maximum atomic E-state index is 5.64. The third kappa shape index (κ3) is 4.26. The van der Waals surface area contributed by atoms with Crippen molar-refractivity contribution in [2.24, 2.45) is 5.10 Å². The van der Waals surface area contributed by atoms with Crippen molar-refractivity contribution in [3.8, 4) is 11.5 Å². The summed E-state index contributed by atoms with van der Waals surface area (Å²) in [6, 6.07) is 24.4. The van der Waals surface area contributed by atoms with Gasteiger partial charge in [0.05, 0.1) is 31.7 Å². The van der Waals surface area contributed by atoms with Crippen molar-refractivity contribution in [2.45, 2.75) is 12.5 Å². The number of hydrogen-bond donors (Lipinski definition) is 0. The van der Waals surface area contributed by atoms with Crippen LogP contribution in [0.1, 0.15) is 23.6 Å². The average Bonchev–Trinajstić information content (AvgIpc) is 3.22. The number of hydrazone groups is 1. The molecule has 1 unspecified atom stereocenters. The predicted molar refractivity (Wildman–Crippen MR) is 126 cm³/mol. The van der Waals surface area contributed by atoms with Crippen LogP contribution in [0.15, 0.2) is 88.4 Å². The fourth-order valence-electron chi connectivity index (χ4n) is 3.66. The van der Waals surface area contributed by atoms with Gasteiger partial charge in [0, 0.05) is 22.0 Å². The van der Waals surface area contributed by atoms with Crippen molar-refractivity contribution in [3.05, 3.63) is 94.5 Å². The van der Waals surface area contributed by atoms with Crippen molar-refractivity contribution in [2.75, 3.05) is 19.2 Å². The lowest BCUT2D eigenvalue weighted by atomic mass is 9.99. The van der Waals surface area contributed by atoms with E-state index in [4.69, 9.17) is 14.6 Å². The van der Waals surface area contributed by atoms with Gasteiger partial charge >= 0.3 is 0 Å². The number of hydrogen-bond acceptors (Lipinski definition) is 4. The van der Waals surface area contributed by atoms with Crippen LogP contribution in [0.4, 0.5) is 5.69 Å². The van der Waals surface area contributed by atoms with Crippen LogP contribution in [0, 0.1) is 0 Å². The van der Waals surface area contributed by atoms with Crippen molar-refractivity contribution in [1.82, 2.24) is 0 Å². The van der Waals surface area contributed by atoms with Gasteiger partial charge in [-0.15, -0.1) is 0 Å². The lowest BCUT2D eigenvalue weighted by Crippen LogP contribution is -2.19. The molecule has 4 rings (SSSR count). The summed E-state index contributed by atoms with van der Waals surface area (Å²) >= 11 is 3.58. The van der Waals surface area contributed by atoms with Crippen molar-refractivity contribution in [3.63, 3.8) is 0 Å². The zero-order chi connectivity index (χ0) is 20.9. The number of anilines is 1. The molecular formula is C25H23BrN2O2. The Bertz CT molecular complexity index is 1090. The second-order valence-corrected chi connectivity index (χ2v) is 7.87. The molecule has 1 aliphatic rings. The zero-order valence-corrected chi connectivity index (χ0v) is 18.5. The van der Waals surface area contributed by atoms with E-state index in [0.29, 0.717) is 0 Å². The Morgan fingerprint density at radius 3 is 2.40 bits per heavy atom. The Kier molecular flexibility index (Phi) is 6.19. The molecule has 0 spiro atoms. The highest BCUT2D eigenvalue weighted by atomic mass is 79.9. The van der Waals surface area contributed by atoms with Gasteiger partial charge in [0.25, 0.3) is 0 Å². The zero-order valence-electron chi connectivity index (χ0n) is 17.0. The van der Waals surface area contributed by atoms with Crippen LogP contribution in [0.5, 0.6) is 11.5 Å². The minimum atomic E-state index is 0.0489. The number of allylic oxidation sites excluding steroid dienone is 1. The number of methoxy groups -OCH3 is 2. The number of halogens is 1. The molecule has 0 saturated heterocycles. The monoisotopic (exact) mass is 462 g/mol. The minimum Gasteiger partial charge on any atom is -0.496 e. The largest absolute Gasteiger partial charge is 0.496 e. The molecule has 152 valence electrons. The minimum absolute atomic E-state index is 0.0489. The molecule has 3 aromatic rings. The summed E-state index contributed by atoms with van der Waals surface area (Å²) in [5.41, 5.74) is 4.17. The van der Waals surface area contributed by atoms with Crippen molar-refractivity contribution >= 4 is 33.4 Å². The second-order valence-electron chi connectivity index (χ2n) is 6.95. The lowest BCUT2D eigenvalue weighted by molar-refractivity contribution is 0.405. The maximum Gasteiger partial charge on any atom is 0.126 e. The van der Waals surface area contributed by atoms with E-state index in [0.717, 1.165) is 44.9 Å². The van der Waals surface area contributed by atoms with Crippen LogP contribution in [0.3, 0.4) is 0 Å². The van der Waals surface area contributed by atoms with Crippen molar-refractivity contribution in [1.29, 1.82) is 0 Å². The van der Waals surface area contributed by atoms with Gasteiger partial charge in [-0.05, 0) is 42.5 Å². The summed E-state index contributed by atoms with van der Waals surface area (Å²) in [4.78, 5) is 0. The first-order chi connectivity index (χ1) is 14.7. The van der Waals surface area contributed by atoms with Gasteiger partial charge in [0.2, 0.25) is 0 Å². The first kappa shape index (κ1) is 20.2. The van der Waals surface area contributed by atoms with E-state index < -0.39 is 0 Å². The number of nitrogens with zero attached hydrogens (tertiary/aromatic N) is 2. The summed E-state index contributed by atoms with van der Waals surface area (Å²) < 4.78 is 12.1. The third-order valence-electron chi connectivity index (χ3n) is 5.10. The molecule has 1 atom stereocenters. The van der Waals surface area contributed by atoms with Gasteiger partial charge in [-0.2, -0.15) is 5.10 Å². The lowest BCUT2D eigenvalue weighted by Gasteiger charge is -2.25. The van der Waals surface area contributed by atoms with Crippen LogP contribution < -0.4 is 14.5 Å². The Labute approximate surface area is 185 Å². The number of rotatable bonds is 6. The molecule has 0 amide bonds. The van der Waals surface area contributed by atoms with Crippen LogP contribution in [-0.2, 0) is 0 Å². The quantitative estimate of drug-likeness (QED) is 0.419. The summed E-state index contributed by atoms with van der Waals surface area (Å²) in [6.45, 7) is 0. The van der Waals surface area contributed by atoms with Crippen molar-refractivity contribution < 1.29 is 9.47 Å². The molecule has 0 saturated carbocycles. The SMILES string of the molecule is COc1ccccc1C=CC1=NN(c2cccc(Br)c2)C(c2ccccc2OC)C1. The Hall–Kier alpha value is -3.05. The van der Waals surface area contributed by atoms with E-state index in [1.165, 1.54) is 0 Å². The van der Waals surface area contributed by atoms with Gasteiger partial charge in [-0.25, -0.2) is 0 Å². The summed E-state index contributed by atoms with van der Waals surface area (Å²) in [5, 5.41) is 7.02. The van der Waals surface area contributed by atoms with E-state index >= 15 is 0 Å². The molecular weight excluding hydrogens is 440 g/mol. The molecule has 3 aromatic carbocycles. The molecule has 1 aliphatic heterocycles. The standard InChI is InChI=1S/C25H23BrN2O2/c1-29-24-12-5-3-8-18(24)14-15-20-17-23(22-11-4-6-13-25(22)30-2)28(27-20)21-10-7-9-19(26)16-21/h3-16,23H,17H2,1-2H3. The highest BCUT2D eigenvalue weighted by Crippen LogP contribution is 2.40. The van der Waals surface area contributed by atoms with E-state index in [2.05, 4.69) is 51.3 Å². The normalized spacial score (nSPS) is 16.0. The average molecular weight is 463 g/mol. The van der Waals surface area contributed by atoms with Gasteiger partial charge in [-0.3, -0.25) is 5.01 Å². The molecule has 1 heterocycles. The summed E-state index contributed by atoms with van der Waals surface area (Å²) in [6.07, 6.45) is 4.90. The molecule has 4 nitrogen and oxygen atoms in total. The topological polar surface area (TPSA) is 34.1 Å². The Morgan fingerprint density at radius 2 is 1.63 bits per heavy atom. The van der Waals surface area contributed by atoms with Gasteiger partial charge < -0.3 is 9.47 Å². The van der Waals surface area contributed by atoms with E-state index in [1.54, 1.807) is 14.2 Å². The van der Waals surface area contributed by atoms with E-state index in [9.17, 15) is 0 Å². The van der Waals surface area contributed by atoms with E-state index in [1.807, 2.05) is 54.6 Å². The highest BCUT2D eigenvalue weighted by molar-refractivity contribution is 9.10. The van der Waals surface area contributed by atoms with Crippen LogP contribution in [0.25, 0.3) is 6.08 Å². The predicted octanol–water partition coefficient (Wildman–Crippen LogP) is 6.49. The Balaban J connectivity index is 1.71. The number of benzene rings is 3. The van der Waals surface area contributed by atoms with Gasteiger partial charge in [-0.1, -0.05) is 58.4 Å². The van der Waals surface area contributed by atoms with Crippen LogP contribution >= 0.6 is 15.9 Å². The van der Waals surface area contributed by atoms with E-state index in [-0.39, 0.29) is 6.04 Å². The molecule has 0 aromatic heterocycles. The molecule has 0 radical (unpaired) electrons. The number of para-hydroxylation sites is 2. The fraction of sp³-hybridized carbons (Fsp3) is 0.160. The van der Waals surface area contributed by atoms with Gasteiger partial charge in [0.15, 0.2) is 0 Å². The Morgan fingerprint density at radius 1 is 0.900 bits per heavy atom. The molecule has 0 bridgehead atoms. The molecule has 5 heteroatoms. The third-order valence-corrected chi connectivity index (χ3v) is 5.59. The smallest absolute Gasteiger partial charge is 0.126 e. The molecule has 0 fully saturated rings. The maximum absolute atomic E-state index is 5.64. The highest BCUT2D eigenvalue weighted by Gasteiger charge is 2.30. The molecule has 30 heavy (non-hydrogen) atoms. The molecule has 0 aliphatic carbocycles. The van der Waals surface area contributed by atoms with Crippen LogP contribution in [0.2, 0.25) is 0 Å². The summed E-state index contributed by atoms with van der Waals surface area (Å²) in [7, 11) is 3.40.